The molecule has 0 saturated heterocycles. The molecule has 1 aromatic heterocycles. The van der Waals surface area contributed by atoms with Crippen LogP contribution in [0.2, 0.25) is 0 Å². The summed E-state index contributed by atoms with van der Waals surface area (Å²) in [7, 11) is 0. The number of H-pyrrole nitrogens is 1. The largest absolute Gasteiger partial charge is 0.349 e. The first-order valence-corrected chi connectivity index (χ1v) is 7.47. The maximum atomic E-state index is 4.33. The molecular weight excluding hydrogens is 302 g/mol. The molecule has 0 fully saturated rings. The van der Waals surface area contributed by atoms with Gasteiger partial charge in [-0.25, -0.2) is 4.98 Å². The van der Waals surface area contributed by atoms with Crippen molar-refractivity contribution in [2.45, 2.75) is 32.7 Å². The van der Waals surface area contributed by atoms with E-state index in [1.165, 1.54) is 11.1 Å². The Balaban J connectivity index is 2.23. The Morgan fingerprint density at radius 2 is 2.26 bits per heavy atom. The fourth-order valence-electron chi connectivity index (χ4n) is 2.20. The molecule has 2 N–H and O–H groups in total. The number of hydrogen-bond acceptors (Lipinski definition) is 2. The highest BCUT2D eigenvalue weighted by Gasteiger charge is 2.15. The zero-order chi connectivity index (χ0) is 13.7. The molecule has 0 bridgehead atoms. The number of nitrogens with zero attached hydrogens (tertiary/aromatic N) is 1. The highest BCUT2D eigenvalue weighted by atomic mass is 79.9. The van der Waals surface area contributed by atoms with Crippen LogP contribution < -0.4 is 5.32 Å². The third-order valence-electron chi connectivity index (χ3n) is 3.21. The molecule has 1 unspecified atom stereocenters. The summed E-state index contributed by atoms with van der Waals surface area (Å²) in [5.74, 6) is 1.02. The quantitative estimate of drug-likeness (QED) is 0.850. The van der Waals surface area contributed by atoms with Crippen molar-refractivity contribution in [3.63, 3.8) is 0 Å². The van der Waals surface area contributed by atoms with Crippen LogP contribution in [-0.4, -0.2) is 16.5 Å². The van der Waals surface area contributed by atoms with Crippen molar-refractivity contribution in [3.8, 4) is 0 Å². The van der Waals surface area contributed by atoms with E-state index in [-0.39, 0.29) is 0 Å². The van der Waals surface area contributed by atoms with E-state index in [0.717, 1.165) is 29.7 Å². The fourth-order valence-corrected chi connectivity index (χ4v) is 2.58. The minimum atomic E-state index is 0.295. The lowest BCUT2D eigenvalue weighted by Crippen LogP contribution is -2.25. The lowest BCUT2D eigenvalue weighted by Gasteiger charge is -2.20. The van der Waals surface area contributed by atoms with Crippen LogP contribution in [-0.2, 0) is 6.42 Å². The van der Waals surface area contributed by atoms with Crippen molar-refractivity contribution in [1.29, 1.82) is 0 Å². The summed E-state index contributed by atoms with van der Waals surface area (Å²) in [6.07, 6.45) is 5.69. The second-order valence-corrected chi connectivity index (χ2v) is 5.66. The number of hydrogen-bond donors (Lipinski definition) is 2. The lowest BCUT2D eigenvalue weighted by molar-refractivity contribution is 0.518. The molecule has 4 heteroatoms. The van der Waals surface area contributed by atoms with E-state index in [4.69, 9.17) is 0 Å². The molecular formula is C15H20BrN3. The predicted octanol–water partition coefficient (Wildman–Crippen LogP) is 3.76. The van der Waals surface area contributed by atoms with Gasteiger partial charge in [-0.2, -0.15) is 0 Å². The minimum absolute atomic E-state index is 0.295. The van der Waals surface area contributed by atoms with Crippen LogP contribution in [0.3, 0.4) is 0 Å². The number of aromatic amines is 1. The van der Waals surface area contributed by atoms with Crippen LogP contribution in [0.15, 0.2) is 35.1 Å². The number of nitrogens with one attached hydrogen (secondary N) is 2. The van der Waals surface area contributed by atoms with Crippen LogP contribution in [0, 0.1) is 6.92 Å². The normalized spacial score (nSPS) is 12.6. The van der Waals surface area contributed by atoms with Crippen molar-refractivity contribution < 1.29 is 0 Å². The SMILES string of the molecule is CCCNC(Cc1ncc[nH]1)c1cc(Br)ccc1C. The third kappa shape index (κ3) is 3.91. The summed E-state index contributed by atoms with van der Waals surface area (Å²) in [4.78, 5) is 7.52. The first-order valence-electron chi connectivity index (χ1n) is 6.68. The standard InChI is InChI=1S/C15H20BrN3/c1-3-6-17-14(10-15-18-7-8-19-15)13-9-12(16)5-4-11(13)2/h4-5,7-9,14,17H,3,6,10H2,1-2H3,(H,18,19). The van der Waals surface area contributed by atoms with Gasteiger partial charge in [-0.05, 0) is 43.1 Å². The Hall–Kier alpha value is -1.13. The smallest absolute Gasteiger partial charge is 0.107 e. The van der Waals surface area contributed by atoms with E-state index in [0.29, 0.717) is 6.04 Å². The summed E-state index contributed by atoms with van der Waals surface area (Å²) in [6.45, 7) is 5.35. The zero-order valence-electron chi connectivity index (χ0n) is 11.4. The highest BCUT2D eigenvalue weighted by Crippen LogP contribution is 2.24. The van der Waals surface area contributed by atoms with Gasteiger partial charge in [0.2, 0.25) is 0 Å². The maximum Gasteiger partial charge on any atom is 0.107 e. The Morgan fingerprint density at radius 3 is 2.95 bits per heavy atom. The molecule has 0 aliphatic carbocycles. The molecule has 3 nitrogen and oxygen atoms in total. The van der Waals surface area contributed by atoms with E-state index in [1.54, 1.807) is 6.20 Å². The minimum Gasteiger partial charge on any atom is -0.349 e. The van der Waals surface area contributed by atoms with Gasteiger partial charge in [0, 0.05) is 29.3 Å². The number of halogens is 1. The molecule has 2 aromatic rings. The Morgan fingerprint density at radius 1 is 1.42 bits per heavy atom. The lowest BCUT2D eigenvalue weighted by atomic mass is 9.98. The molecule has 2 rings (SSSR count). The van der Waals surface area contributed by atoms with E-state index in [9.17, 15) is 0 Å². The van der Waals surface area contributed by atoms with Gasteiger partial charge in [-0.15, -0.1) is 0 Å². The molecule has 0 aliphatic heterocycles. The van der Waals surface area contributed by atoms with Gasteiger partial charge in [-0.3, -0.25) is 0 Å². The Labute approximate surface area is 123 Å². The second-order valence-electron chi connectivity index (χ2n) is 4.75. The molecule has 0 saturated carbocycles. The van der Waals surface area contributed by atoms with Crippen LogP contribution >= 0.6 is 15.9 Å². The molecule has 0 radical (unpaired) electrons. The first kappa shape index (κ1) is 14.3. The van der Waals surface area contributed by atoms with Crippen molar-refractivity contribution in [2.75, 3.05) is 6.54 Å². The van der Waals surface area contributed by atoms with Crippen molar-refractivity contribution in [2.24, 2.45) is 0 Å². The summed E-state index contributed by atoms with van der Waals surface area (Å²) < 4.78 is 1.12. The van der Waals surface area contributed by atoms with E-state index >= 15 is 0 Å². The fraction of sp³-hybridized carbons (Fsp3) is 0.400. The predicted molar refractivity (Wildman–Crippen MR) is 82.2 cm³/mol. The highest BCUT2D eigenvalue weighted by molar-refractivity contribution is 9.10. The Kier molecular flexibility index (Phi) is 5.16. The van der Waals surface area contributed by atoms with Gasteiger partial charge in [-0.1, -0.05) is 28.9 Å². The number of aryl methyl sites for hydroxylation is 1. The average molecular weight is 322 g/mol. The van der Waals surface area contributed by atoms with Gasteiger partial charge in [0.05, 0.1) is 0 Å². The topological polar surface area (TPSA) is 40.7 Å². The number of imidazole rings is 1. The van der Waals surface area contributed by atoms with Gasteiger partial charge in [0.1, 0.15) is 5.82 Å². The van der Waals surface area contributed by atoms with Gasteiger partial charge in [0.15, 0.2) is 0 Å². The van der Waals surface area contributed by atoms with Gasteiger partial charge in [0.25, 0.3) is 0 Å². The second kappa shape index (κ2) is 6.87. The molecule has 0 aliphatic rings. The average Bonchev–Trinajstić information content (AvgIpc) is 2.90. The maximum absolute atomic E-state index is 4.33. The number of benzene rings is 1. The molecule has 0 spiro atoms. The third-order valence-corrected chi connectivity index (χ3v) is 3.70. The molecule has 0 amide bonds. The van der Waals surface area contributed by atoms with E-state index in [1.807, 2.05) is 6.20 Å². The van der Waals surface area contributed by atoms with E-state index < -0.39 is 0 Å². The van der Waals surface area contributed by atoms with Crippen molar-refractivity contribution in [1.82, 2.24) is 15.3 Å². The number of rotatable bonds is 6. The van der Waals surface area contributed by atoms with Crippen LogP contribution in [0.25, 0.3) is 0 Å². The van der Waals surface area contributed by atoms with Crippen molar-refractivity contribution >= 4 is 15.9 Å². The molecule has 1 atom stereocenters. The zero-order valence-corrected chi connectivity index (χ0v) is 13.0. The monoisotopic (exact) mass is 321 g/mol. The summed E-state index contributed by atoms with van der Waals surface area (Å²) in [6, 6.07) is 6.74. The molecule has 102 valence electrons. The van der Waals surface area contributed by atoms with Crippen LogP contribution in [0.4, 0.5) is 0 Å². The Bertz CT molecular complexity index is 508. The molecule has 1 aromatic carbocycles. The van der Waals surface area contributed by atoms with Gasteiger partial charge < -0.3 is 10.3 Å². The molecule has 1 heterocycles. The first-order chi connectivity index (χ1) is 9.20. The summed E-state index contributed by atoms with van der Waals surface area (Å²) >= 11 is 3.56. The summed E-state index contributed by atoms with van der Waals surface area (Å²) in [5, 5.41) is 3.61. The molecule has 19 heavy (non-hydrogen) atoms. The number of aromatic nitrogens is 2. The van der Waals surface area contributed by atoms with Gasteiger partial charge >= 0.3 is 0 Å². The van der Waals surface area contributed by atoms with Crippen LogP contribution in [0.1, 0.15) is 36.3 Å². The van der Waals surface area contributed by atoms with E-state index in [2.05, 4.69) is 63.3 Å². The van der Waals surface area contributed by atoms with Crippen molar-refractivity contribution in [3.05, 3.63) is 52.0 Å². The van der Waals surface area contributed by atoms with Crippen LogP contribution in [0.5, 0.6) is 0 Å². The summed E-state index contributed by atoms with van der Waals surface area (Å²) in [5.41, 5.74) is 2.64.